The maximum atomic E-state index is 5.25. The number of hydrogen-bond donors (Lipinski definition) is 1. The van der Waals surface area contributed by atoms with E-state index in [2.05, 4.69) is 44.3 Å². The normalized spacial score (nSPS) is 12.5. The molecular formula is C15H25NO. The first-order valence-corrected chi connectivity index (χ1v) is 6.60. The van der Waals surface area contributed by atoms with Crippen LogP contribution in [0.25, 0.3) is 0 Å². The van der Waals surface area contributed by atoms with Gasteiger partial charge in [0.2, 0.25) is 0 Å². The van der Waals surface area contributed by atoms with Gasteiger partial charge < -0.3 is 10.1 Å². The Morgan fingerprint density at radius 2 is 2.06 bits per heavy atom. The molecule has 0 radical (unpaired) electrons. The molecule has 1 aromatic rings. The van der Waals surface area contributed by atoms with E-state index in [1.807, 2.05) is 0 Å². The largest absolute Gasteiger partial charge is 0.497 e. The van der Waals surface area contributed by atoms with Gasteiger partial charge in [0.1, 0.15) is 5.75 Å². The molecule has 0 heterocycles. The summed E-state index contributed by atoms with van der Waals surface area (Å²) >= 11 is 0. The van der Waals surface area contributed by atoms with Gasteiger partial charge in [-0.05, 0) is 43.1 Å². The minimum absolute atomic E-state index is 0.478. The lowest BCUT2D eigenvalue weighted by molar-refractivity contribution is 0.413. The number of benzene rings is 1. The number of unbranched alkanes of at least 4 members (excludes halogenated alkanes) is 1. The Kier molecular flexibility index (Phi) is 6.06. The van der Waals surface area contributed by atoms with E-state index in [1.165, 1.54) is 30.4 Å². The maximum Gasteiger partial charge on any atom is 0.119 e. The first-order valence-electron chi connectivity index (χ1n) is 6.60. The predicted molar refractivity (Wildman–Crippen MR) is 73.7 cm³/mol. The highest BCUT2D eigenvalue weighted by atomic mass is 16.5. The molecule has 0 bridgehead atoms. The molecule has 0 aliphatic carbocycles. The SMILES string of the molecule is CCCCC(NCC)c1ccc(OC)cc1C. The van der Waals surface area contributed by atoms with E-state index in [9.17, 15) is 0 Å². The Bertz CT molecular complexity index is 336. The monoisotopic (exact) mass is 235 g/mol. The molecule has 0 amide bonds. The Labute approximate surface area is 105 Å². The zero-order valence-corrected chi connectivity index (χ0v) is 11.5. The second-order valence-electron chi connectivity index (χ2n) is 4.48. The van der Waals surface area contributed by atoms with Crippen molar-refractivity contribution in [2.75, 3.05) is 13.7 Å². The molecular weight excluding hydrogens is 210 g/mol. The smallest absolute Gasteiger partial charge is 0.119 e. The van der Waals surface area contributed by atoms with Crippen LogP contribution in [0.2, 0.25) is 0 Å². The molecule has 17 heavy (non-hydrogen) atoms. The first kappa shape index (κ1) is 14.0. The molecule has 0 spiro atoms. The summed E-state index contributed by atoms with van der Waals surface area (Å²) in [5, 5.41) is 3.57. The van der Waals surface area contributed by atoms with Gasteiger partial charge >= 0.3 is 0 Å². The molecule has 1 N–H and O–H groups in total. The molecule has 1 rings (SSSR count). The van der Waals surface area contributed by atoms with E-state index < -0.39 is 0 Å². The summed E-state index contributed by atoms with van der Waals surface area (Å²) < 4.78 is 5.25. The van der Waals surface area contributed by atoms with Crippen molar-refractivity contribution in [2.45, 2.75) is 46.1 Å². The number of nitrogens with one attached hydrogen (secondary N) is 1. The minimum atomic E-state index is 0.478. The van der Waals surface area contributed by atoms with Gasteiger partial charge in [0, 0.05) is 6.04 Å². The summed E-state index contributed by atoms with van der Waals surface area (Å²) in [4.78, 5) is 0. The van der Waals surface area contributed by atoms with Gasteiger partial charge in [0.25, 0.3) is 0 Å². The standard InChI is InChI=1S/C15H25NO/c1-5-7-8-15(16-6-2)14-10-9-13(17-4)11-12(14)3/h9-11,15-16H,5-8H2,1-4H3. The minimum Gasteiger partial charge on any atom is -0.497 e. The number of hydrogen-bond acceptors (Lipinski definition) is 2. The predicted octanol–water partition coefficient (Wildman–Crippen LogP) is 3.84. The maximum absolute atomic E-state index is 5.25. The first-order chi connectivity index (χ1) is 8.22. The lowest BCUT2D eigenvalue weighted by Crippen LogP contribution is -2.21. The molecule has 0 aromatic heterocycles. The number of aryl methyl sites for hydroxylation is 1. The lowest BCUT2D eigenvalue weighted by Gasteiger charge is -2.20. The van der Waals surface area contributed by atoms with E-state index >= 15 is 0 Å². The molecule has 0 fully saturated rings. The Hall–Kier alpha value is -1.02. The van der Waals surface area contributed by atoms with Crippen LogP contribution in [0.1, 0.15) is 50.3 Å². The van der Waals surface area contributed by atoms with E-state index in [0.717, 1.165) is 12.3 Å². The van der Waals surface area contributed by atoms with Crippen molar-refractivity contribution in [3.05, 3.63) is 29.3 Å². The van der Waals surface area contributed by atoms with E-state index in [1.54, 1.807) is 7.11 Å². The van der Waals surface area contributed by atoms with Crippen LogP contribution in [-0.4, -0.2) is 13.7 Å². The fraction of sp³-hybridized carbons (Fsp3) is 0.600. The van der Waals surface area contributed by atoms with Crippen LogP contribution >= 0.6 is 0 Å². The third kappa shape index (κ3) is 4.04. The van der Waals surface area contributed by atoms with Crippen molar-refractivity contribution >= 4 is 0 Å². The second-order valence-corrected chi connectivity index (χ2v) is 4.48. The fourth-order valence-electron chi connectivity index (χ4n) is 2.19. The quantitative estimate of drug-likeness (QED) is 0.775. The van der Waals surface area contributed by atoms with Crippen molar-refractivity contribution in [1.29, 1.82) is 0 Å². The zero-order valence-electron chi connectivity index (χ0n) is 11.5. The molecule has 2 heteroatoms. The summed E-state index contributed by atoms with van der Waals surface area (Å²) in [6.45, 7) is 7.58. The van der Waals surface area contributed by atoms with Crippen molar-refractivity contribution < 1.29 is 4.74 Å². The third-order valence-corrected chi connectivity index (χ3v) is 3.15. The van der Waals surface area contributed by atoms with Crippen LogP contribution in [0.5, 0.6) is 5.75 Å². The van der Waals surface area contributed by atoms with Gasteiger partial charge in [0.15, 0.2) is 0 Å². The summed E-state index contributed by atoms with van der Waals surface area (Å²) in [6.07, 6.45) is 3.72. The van der Waals surface area contributed by atoms with Crippen molar-refractivity contribution in [3.8, 4) is 5.75 Å². The van der Waals surface area contributed by atoms with E-state index in [4.69, 9.17) is 4.74 Å². The van der Waals surface area contributed by atoms with Crippen LogP contribution < -0.4 is 10.1 Å². The molecule has 1 atom stereocenters. The molecule has 96 valence electrons. The van der Waals surface area contributed by atoms with Crippen LogP contribution in [-0.2, 0) is 0 Å². The van der Waals surface area contributed by atoms with Crippen LogP contribution in [0.15, 0.2) is 18.2 Å². The van der Waals surface area contributed by atoms with E-state index in [-0.39, 0.29) is 0 Å². The number of rotatable bonds is 7. The zero-order chi connectivity index (χ0) is 12.7. The van der Waals surface area contributed by atoms with Gasteiger partial charge in [-0.25, -0.2) is 0 Å². The fourth-order valence-corrected chi connectivity index (χ4v) is 2.19. The Morgan fingerprint density at radius 1 is 1.29 bits per heavy atom. The number of ether oxygens (including phenoxy) is 1. The highest BCUT2D eigenvalue weighted by Crippen LogP contribution is 2.25. The molecule has 0 aliphatic rings. The molecule has 1 unspecified atom stereocenters. The summed E-state index contributed by atoms with van der Waals surface area (Å²) in [5.41, 5.74) is 2.72. The van der Waals surface area contributed by atoms with Crippen LogP contribution in [0, 0.1) is 6.92 Å². The summed E-state index contributed by atoms with van der Waals surface area (Å²) in [5.74, 6) is 0.942. The Balaban J connectivity index is 2.85. The van der Waals surface area contributed by atoms with Gasteiger partial charge in [-0.15, -0.1) is 0 Å². The van der Waals surface area contributed by atoms with Gasteiger partial charge in [-0.1, -0.05) is 32.8 Å². The lowest BCUT2D eigenvalue weighted by atomic mass is 9.96. The van der Waals surface area contributed by atoms with Crippen molar-refractivity contribution in [2.24, 2.45) is 0 Å². The Morgan fingerprint density at radius 3 is 2.59 bits per heavy atom. The van der Waals surface area contributed by atoms with Gasteiger partial charge in [-0.3, -0.25) is 0 Å². The highest BCUT2D eigenvalue weighted by molar-refractivity contribution is 5.36. The second kappa shape index (κ2) is 7.33. The van der Waals surface area contributed by atoms with Crippen LogP contribution in [0.4, 0.5) is 0 Å². The average Bonchev–Trinajstić information content (AvgIpc) is 2.34. The van der Waals surface area contributed by atoms with Crippen LogP contribution in [0.3, 0.4) is 0 Å². The summed E-state index contributed by atoms with van der Waals surface area (Å²) in [7, 11) is 1.72. The molecule has 0 saturated carbocycles. The van der Waals surface area contributed by atoms with Gasteiger partial charge in [0.05, 0.1) is 7.11 Å². The molecule has 0 saturated heterocycles. The summed E-state index contributed by atoms with van der Waals surface area (Å²) in [6, 6.07) is 6.84. The van der Waals surface area contributed by atoms with Gasteiger partial charge in [-0.2, -0.15) is 0 Å². The van der Waals surface area contributed by atoms with Crippen molar-refractivity contribution in [3.63, 3.8) is 0 Å². The topological polar surface area (TPSA) is 21.3 Å². The molecule has 2 nitrogen and oxygen atoms in total. The average molecular weight is 235 g/mol. The third-order valence-electron chi connectivity index (χ3n) is 3.15. The number of methoxy groups -OCH3 is 1. The molecule has 1 aromatic carbocycles. The van der Waals surface area contributed by atoms with E-state index in [0.29, 0.717) is 6.04 Å². The molecule has 0 aliphatic heterocycles. The van der Waals surface area contributed by atoms with Crippen molar-refractivity contribution in [1.82, 2.24) is 5.32 Å². The highest BCUT2D eigenvalue weighted by Gasteiger charge is 2.12.